The van der Waals surface area contributed by atoms with Crippen LogP contribution in [0.15, 0.2) is 199 Å². The molecule has 0 aliphatic heterocycles. The number of fused-ring (bicyclic) bond motifs is 5. The zero-order chi connectivity index (χ0) is 34.4. The maximum absolute atomic E-state index is 6.57. The van der Waals surface area contributed by atoms with Gasteiger partial charge in [0.1, 0.15) is 11.2 Å². The topological polar surface area (TPSA) is 29.3 Å². The van der Waals surface area contributed by atoms with Gasteiger partial charge < -0.3 is 9.32 Å². The first-order valence-electron chi connectivity index (χ1n) is 17.6. The number of anilines is 3. The van der Waals surface area contributed by atoms with Gasteiger partial charge in [0.2, 0.25) is 0 Å². The Hall–Kier alpha value is -6.97. The number of rotatable bonds is 6. The van der Waals surface area contributed by atoms with Crippen molar-refractivity contribution in [3.8, 4) is 33.4 Å². The van der Waals surface area contributed by atoms with E-state index >= 15 is 0 Å². The summed E-state index contributed by atoms with van der Waals surface area (Å²) in [4.78, 5) is 6.95. The monoisotopic (exact) mass is 664 g/mol. The first kappa shape index (κ1) is 29.9. The lowest BCUT2D eigenvalue weighted by molar-refractivity contribution is 0.669. The number of para-hydroxylation sites is 1. The second kappa shape index (κ2) is 12.4. The number of hydrogen-bond acceptors (Lipinski definition) is 3. The molecule has 0 saturated heterocycles. The Morgan fingerprint density at radius 2 is 1.13 bits per heavy atom. The van der Waals surface area contributed by atoms with Crippen LogP contribution >= 0.6 is 0 Å². The summed E-state index contributed by atoms with van der Waals surface area (Å²) in [5, 5.41) is 6.69. The average Bonchev–Trinajstić information content (AvgIpc) is 3.59. The molecule has 0 N–H and O–H groups in total. The summed E-state index contributed by atoms with van der Waals surface area (Å²) in [6, 6.07) is 65.0. The number of benzene rings is 8. The van der Waals surface area contributed by atoms with E-state index in [-0.39, 0.29) is 0 Å². The zero-order valence-corrected chi connectivity index (χ0v) is 28.3. The van der Waals surface area contributed by atoms with E-state index in [1.807, 2.05) is 18.5 Å². The molecule has 0 fully saturated rings. The molecule has 52 heavy (non-hydrogen) atoms. The van der Waals surface area contributed by atoms with Crippen molar-refractivity contribution in [1.29, 1.82) is 0 Å². The zero-order valence-electron chi connectivity index (χ0n) is 28.3. The van der Waals surface area contributed by atoms with E-state index < -0.39 is 0 Å². The van der Waals surface area contributed by atoms with Crippen LogP contribution in [0.1, 0.15) is 0 Å². The van der Waals surface area contributed by atoms with Crippen molar-refractivity contribution in [3.63, 3.8) is 0 Å². The van der Waals surface area contributed by atoms with Crippen molar-refractivity contribution in [1.82, 2.24) is 4.98 Å². The van der Waals surface area contributed by atoms with Crippen LogP contribution in [0, 0.1) is 0 Å². The maximum Gasteiger partial charge on any atom is 0.138 e. The van der Waals surface area contributed by atoms with Crippen molar-refractivity contribution < 1.29 is 4.42 Å². The van der Waals surface area contributed by atoms with E-state index in [0.29, 0.717) is 0 Å². The third kappa shape index (κ3) is 5.10. The Bertz CT molecular complexity index is 2910. The molecule has 244 valence electrons. The summed E-state index contributed by atoms with van der Waals surface area (Å²) < 4.78 is 6.57. The Morgan fingerprint density at radius 3 is 2.00 bits per heavy atom. The highest BCUT2D eigenvalue weighted by Gasteiger charge is 2.24. The first-order valence-corrected chi connectivity index (χ1v) is 17.6. The van der Waals surface area contributed by atoms with Crippen LogP contribution in [-0.2, 0) is 0 Å². The summed E-state index contributed by atoms with van der Waals surface area (Å²) in [6.07, 6.45) is 3.82. The van der Waals surface area contributed by atoms with Crippen LogP contribution in [0.2, 0.25) is 0 Å². The maximum atomic E-state index is 6.57. The van der Waals surface area contributed by atoms with Gasteiger partial charge in [-0.3, -0.25) is 4.98 Å². The second-order valence-electron chi connectivity index (χ2n) is 13.2. The molecule has 3 heteroatoms. The van der Waals surface area contributed by atoms with Crippen LogP contribution in [-0.4, -0.2) is 4.98 Å². The largest absolute Gasteiger partial charge is 0.456 e. The molecule has 0 bridgehead atoms. The smallest absolute Gasteiger partial charge is 0.138 e. The lowest BCUT2D eigenvalue weighted by atomic mass is 9.92. The number of pyridine rings is 1. The van der Waals surface area contributed by atoms with Crippen molar-refractivity contribution in [2.24, 2.45) is 0 Å². The van der Waals surface area contributed by atoms with Gasteiger partial charge in [-0.05, 0) is 92.7 Å². The van der Waals surface area contributed by atoms with Gasteiger partial charge in [-0.2, -0.15) is 0 Å². The molecule has 10 rings (SSSR count). The van der Waals surface area contributed by atoms with E-state index in [9.17, 15) is 0 Å². The molecular weight excluding hydrogens is 633 g/mol. The van der Waals surface area contributed by atoms with E-state index in [2.05, 4.69) is 186 Å². The number of hydrogen-bond donors (Lipinski definition) is 0. The molecule has 2 aromatic heterocycles. The summed E-state index contributed by atoms with van der Waals surface area (Å²) >= 11 is 0. The third-order valence-corrected chi connectivity index (χ3v) is 10.1. The van der Waals surface area contributed by atoms with Crippen molar-refractivity contribution in [2.45, 2.75) is 0 Å². The molecule has 0 aliphatic carbocycles. The average molecular weight is 665 g/mol. The van der Waals surface area contributed by atoms with Gasteiger partial charge in [-0.25, -0.2) is 0 Å². The molecule has 0 unspecified atom stereocenters. The van der Waals surface area contributed by atoms with Crippen molar-refractivity contribution >= 4 is 60.5 Å². The minimum absolute atomic E-state index is 0.830. The van der Waals surface area contributed by atoms with E-state index in [1.165, 1.54) is 33.0 Å². The highest BCUT2D eigenvalue weighted by molar-refractivity contribution is 6.21. The standard InChI is InChI=1S/C49H32N2O/c1-3-12-33(13-4-1)37-18-11-19-40(29-37)51(49-43-26-27-50-32-39(43)30-47-48(49)44-20-9-10-21-46(44)52-47)41-24-25-42(35-15-5-2-6-16-35)45(31-41)38-23-22-34-14-7-8-17-36(34)28-38/h1-32H. The van der Waals surface area contributed by atoms with Crippen LogP contribution in [0.25, 0.3) is 76.9 Å². The van der Waals surface area contributed by atoms with E-state index in [4.69, 9.17) is 4.42 Å². The highest BCUT2D eigenvalue weighted by atomic mass is 16.3. The molecule has 0 saturated carbocycles. The van der Waals surface area contributed by atoms with Gasteiger partial charge in [-0.15, -0.1) is 0 Å². The Balaban J connectivity index is 1.30. The molecule has 0 amide bonds. The van der Waals surface area contributed by atoms with Gasteiger partial charge in [0, 0.05) is 39.9 Å². The molecule has 0 radical (unpaired) electrons. The highest BCUT2D eigenvalue weighted by Crippen LogP contribution is 2.49. The Kier molecular flexibility index (Phi) is 7.14. The second-order valence-corrected chi connectivity index (χ2v) is 13.2. The van der Waals surface area contributed by atoms with Crippen LogP contribution < -0.4 is 4.90 Å². The quantitative estimate of drug-likeness (QED) is 0.177. The van der Waals surface area contributed by atoms with Gasteiger partial charge in [-0.1, -0.05) is 133 Å². The Morgan fingerprint density at radius 1 is 0.404 bits per heavy atom. The SMILES string of the molecule is c1ccc(-c2cccc(N(c3ccc(-c4ccccc4)c(-c4ccc5ccccc5c4)c3)c3c4ccncc4cc4oc5ccccc5c34)c2)cc1. The predicted octanol–water partition coefficient (Wildman–Crippen LogP) is 13.8. The lowest BCUT2D eigenvalue weighted by Gasteiger charge is -2.29. The molecule has 10 aromatic rings. The van der Waals surface area contributed by atoms with Crippen LogP contribution in [0.4, 0.5) is 17.1 Å². The summed E-state index contributed by atoms with van der Waals surface area (Å²) in [7, 11) is 0. The third-order valence-electron chi connectivity index (χ3n) is 10.1. The van der Waals surface area contributed by atoms with Crippen LogP contribution in [0.3, 0.4) is 0 Å². The van der Waals surface area contributed by atoms with Crippen molar-refractivity contribution in [3.05, 3.63) is 194 Å². The molecule has 8 aromatic carbocycles. The van der Waals surface area contributed by atoms with Gasteiger partial charge >= 0.3 is 0 Å². The predicted molar refractivity (Wildman–Crippen MR) is 218 cm³/mol. The minimum atomic E-state index is 0.830. The summed E-state index contributed by atoms with van der Waals surface area (Å²) in [6.45, 7) is 0. The van der Waals surface area contributed by atoms with Gasteiger partial charge in [0.15, 0.2) is 0 Å². The molecular formula is C49H32N2O. The minimum Gasteiger partial charge on any atom is -0.456 e. The number of nitrogens with zero attached hydrogens (tertiary/aromatic N) is 2. The van der Waals surface area contributed by atoms with Crippen molar-refractivity contribution in [2.75, 3.05) is 4.90 Å². The fourth-order valence-electron chi connectivity index (χ4n) is 7.65. The van der Waals surface area contributed by atoms with Crippen LogP contribution in [0.5, 0.6) is 0 Å². The fourth-order valence-corrected chi connectivity index (χ4v) is 7.65. The number of aromatic nitrogens is 1. The fraction of sp³-hybridized carbons (Fsp3) is 0. The summed E-state index contributed by atoms with van der Waals surface area (Å²) in [5.74, 6) is 0. The normalized spacial score (nSPS) is 11.5. The molecule has 0 spiro atoms. The number of furan rings is 1. The molecule has 0 atom stereocenters. The molecule has 0 aliphatic rings. The van der Waals surface area contributed by atoms with Gasteiger partial charge in [0.25, 0.3) is 0 Å². The molecule has 2 heterocycles. The van der Waals surface area contributed by atoms with E-state index in [0.717, 1.165) is 60.9 Å². The van der Waals surface area contributed by atoms with Gasteiger partial charge in [0.05, 0.1) is 11.1 Å². The van der Waals surface area contributed by atoms with E-state index in [1.54, 1.807) is 0 Å². The Labute approximate surface area is 301 Å². The lowest BCUT2D eigenvalue weighted by Crippen LogP contribution is -2.11. The first-order chi connectivity index (χ1) is 25.8. The molecule has 3 nitrogen and oxygen atoms in total. The summed E-state index contributed by atoms with van der Waals surface area (Å²) in [5.41, 5.74) is 11.8.